The second kappa shape index (κ2) is 9.08. The number of aryl methyl sites for hydroxylation is 1. The number of nitrogens with one attached hydrogen (secondary N) is 2. The first-order chi connectivity index (χ1) is 13.9. The summed E-state index contributed by atoms with van der Waals surface area (Å²) in [4.78, 5) is 21.1. The largest absolute Gasteiger partial charge is 0.381 e. The number of fused-ring (bicyclic) bond motifs is 1. The van der Waals surface area contributed by atoms with Gasteiger partial charge in [0.25, 0.3) is 5.91 Å². The van der Waals surface area contributed by atoms with Crippen molar-refractivity contribution in [1.29, 1.82) is 0 Å². The smallest absolute Gasteiger partial charge is 0.275 e. The van der Waals surface area contributed by atoms with Crippen LogP contribution in [0, 0.1) is 0 Å². The number of carbonyl (C=O) groups excluding carboxylic acids is 1. The van der Waals surface area contributed by atoms with Gasteiger partial charge >= 0.3 is 0 Å². The van der Waals surface area contributed by atoms with E-state index in [1.165, 1.54) is 0 Å². The number of carbonyl (C=O) groups is 1. The molecule has 2 aromatic rings. The van der Waals surface area contributed by atoms with Crippen LogP contribution in [0.1, 0.15) is 30.1 Å². The van der Waals surface area contributed by atoms with Gasteiger partial charge in [-0.05, 0) is 19.8 Å². The summed E-state index contributed by atoms with van der Waals surface area (Å²) in [6, 6.07) is 0.230. The van der Waals surface area contributed by atoms with Gasteiger partial charge < -0.3 is 19.9 Å². The fourth-order valence-electron chi connectivity index (χ4n) is 3.39. The minimum atomic E-state index is -0.320. The van der Waals surface area contributed by atoms with E-state index in [1.54, 1.807) is 12.4 Å². The lowest BCUT2D eigenvalue weighted by atomic mass is 10.1. The Bertz CT molecular complexity index is 874. The highest BCUT2D eigenvalue weighted by atomic mass is 16.5. The van der Waals surface area contributed by atoms with Crippen molar-refractivity contribution in [3.8, 4) is 0 Å². The molecule has 158 valence electrons. The van der Waals surface area contributed by atoms with Crippen LogP contribution in [0.15, 0.2) is 17.5 Å². The van der Waals surface area contributed by atoms with Crippen molar-refractivity contribution in [1.82, 2.24) is 30.0 Å². The summed E-state index contributed by atoms with van der Waals surface area (Å²) in [5.41, 5.74) is 4.60. The first-order valence-electron chi connectivity index (χ1n) is 9.83. The Morgan fingerprint density at radius 1 is 1.24 bits per heavy atom. The molecule has 0 unspecified atom stereocenters. The zero-order chi connectivity index (χ0) is 21.0. The summed E-state index contributed by atoms with van der Waals surface area (Å²) in [6.45, 7) is 4.14. The number of ether oxygens (including phenoxy) is 1. The summed E-state index contributed by atoms with van der Waals surface area (Å²) in [6.07, 6.45) is 5.12. The van der Waals surface area contributed by atoms with E-state index in [-0.39, 0.29) is 11.9 Å². The first kappa shape index (κ1) is 20.8. The summed E-state index contributed by atoms with van der Waals surface area (Å²) < 4.78 is 7.28. The molecule has 0 aliphatic carbocycles. The number of rotatable bonds is 5. The van der Waals surface area contributed by atoms with Gasteiger partial charge in [-0.2, -0.15) is 5.10 Å². The molecule has 1 amide bonds. The lowest BCUT2D eigenvalue weighted by Crippen LogP contribution is -2.38. The fourth-order valence-corrected chi connectivity index (χ4v) is 3.39. The van der Waals surface area contributed by atoms with Crippen molar-refractivity contribution in [2.24, 2.45) is 5.10 Å². The number of hydrazone groups is 1. The van der Waals surface area contributed by atoms with Crippen molar-refractivity contribution >= 4 is 28.6 Å². The van der Waals surface area contributed by atoms with Gasteiger partial charge in [0.05, 0.1) is 22.8 Å². The summed E-state index contributed by atoms with van der Waals surface area (Å²) >= 11 is 0. The van der Waals surface area contributed by atoms with E-state index in [1.807, 2.05) is 49.6 Å². The van der Waals surface area contributed by atoms with E-state index in [0.717, 1.165) is 29.6 Å². The zero-order valence-electron chi connectivity index (χ0n) is 17.8. The molecule has 1 saturated heterocycles. The van der Waals surface area contributed by atoms with E-state index in [4.69, 9.17) is 4.74 Å². The van der Waals surface area contributed by atoms with Crippen LogP contribution in [0.25, 0.3) is 11.0 Å². The van der Waals surface area contributed by atoms with Crippen molar-refractivity contribution in [3.05, 3.63) is 18.0 Å². The highest BCUT2D eigenvalue weighted by Crippen LogP contribution is 2.28. The van der Waals surface area contributed by atoms with E-state index < -0.39 is 0 Å². The third-order valence-corrected chi connectivity index (χ3v) is 4.84. The highest BCUT2D eigenvalue weighted by molar-refractivity contribution is 6.06. The van der Waals surface area contributed by atoms with Crippen molar-refractivity contribution in [2.75, 3.05) is 46.7 Å². The number of guanidine groups is 1. The quantitative estimate of drug-likeness (QED) is 0.440. The van der Waals surface area contributed by atoms with E-state index in [9.17, 15) is 4.79 Å². The molecule has 3 heterocycles. The maximum absolute atomic E-state index is 13.0. The van der Waals surface area contributed by atoms with Gasteiger partial charge in [-0.1, -0.05) is 0 Å². The molecule has 0 atom stereocenters. The van der Waals surface area contributed by atoms with Crippen LogP contribution in [0.3, 0.4) is 0 Å². The second-order valence-corrected chi connectivity index (χ2v) is 7.42. The van der Waals surface area contributed by atoms with Crippen LogP contribution in [0.2, 0.25) is 0 Å². The van der Waals surface area contributed by atoms with Gasteiger partial charge in [0.2, 0.25) is 5.96 Å². The highest BCUT2D eigenvalue weighted by Gasteiger charge is 2.22. The molecule has 0 saturated carbocycles. The Morgan fingerprint density at radius 3 is 2.55 bits per heavy atom. The molecule has 1 fully saturated rings. The molecule has 0 bridgehead atoms. The monoisotopic (exact) mass is 402 g/mol. The molecule has 29 heavy (non-hydrogen) atoms. The van der Waals surface area contributed by atoms with Crippen LogP contribution in [-0.4, -0.2) is 83.9 Å². The third kappa shape index (κ3) is 4.58. The number of nitrogens with zero attached hydrogens (tertiary/aromatic N) is 6. The van der Waals surface area contributed by atoms with Crippen molar-refractivity contribution in [2.45, 2.75) is 32.4 Å². The Kier molecular flexibility index (Phi) is 6.53. The molecular weight excluding hydrogens is 372 g/mol. The topological polar surface area (TPSA) is 99.9 Å². The molecule has 3 rings (SSSR count). The molecule has 0 radical (unpaired) electrons. The average molecular weight is 403 g/mol. The van der Waals surface area contributed by atoms with Crippen LogP contribution in [-0.2, 0) is 11.3 Å². The van der Waals surface area contributed by atoms with Gasteiger partial charge in [-0.25, -0.2) is 15.1 Å². The van der Waals surface area contributed by atoms with E-state index in [2.05, 4.69) is 25.9 Å². The molecule has 10 nitrogen and oxygen atoms in total. The predicted molar refractivity (Wildman–Crippen MR) is 113 cm³/mol. The minimum absolute atomic E-state index is 0.230. The number of amides is 1. The lowest BCUT2D eigenvalue weighted by molar-refractivity contribution is 0.0904. The Labute approximate surface area is 170 Å². The molecular formula is C19H30N8O2. The Morgan fingerprint density at radius 2 is 1.93 bits per heavy atom. The standard InChI is InChI=1S/C19H30N8O2/c1-6-27-17-14(12-21-27)16(22-13-7-9-29-10-8-13)15(11-20-17)18(28)23-24-19(25(2)3)26(4)5/h11-13H,6-10H2,1-5H3,(H,20,22)(H,23,28). The normalized spacial score (nSPS) is 14.5. The van der Waals surface area contributed by atoms with Crippen LogP contribution >= 0.6 is 0 Å². The van der Waals surface area contributed by atoms with Gasteiger partial charge in [0.1, 0.15) is 0 Å². The number of aromatic nitrogens is 3. The van der Waals surface area contributed by atoms with Gasteiger partial charge in [-0.3, -0.25) is 4.79 Å². The lowest BCUT2D eigenvalue weighted by Gasteiger charge is -2.25. The number of hydrogen-bond acceptors (Lipinski definition) is 6. The average Bonchev–Trinajstić information content (AvgIpc) is 3.12. The zero-order valence-corrected chi connectivity index (χ0v) is 17.8. The fraction of sp³-hybridized carbons (Fsp3) is 0.579. The molecule has 10 heteroatoms. The first-order valence-corrected chi connectivity index (χ1v) is 9.83. The molecule has 1 aliphatic heterocycles. The molecule has 1 aliphatic rings. The van der Waals surface area contributed by atoms with E-state index in [0.29, 0.717) is 31.3 Å². The summed E-state index contributed by atoms with van der Waals surface area (Å²) in [5.74, 6) is 0.310. The van der Waals surface area contributed by atoms with Gasteiger partial charge in [-0.15, -0.1) is 5.10 Å². The van der Waals surface area contributed by atoms with Gasteiger partial charge in [0, 0.05) is 60.2 Å². The van der Waals surface area contributed by atoms with Crippen molar-refractivity contribution < 1.29 is 9.53 Å². The second-order valence-electron chi connectivity index (χ2n) is 7.42. The Hall–Kier alpha value is -2.88. The number of anilines is 1. The third-order valence-electron chi connectivity index (χ3n) is 4.84. The molecule has 2 aromatic heterocycles. The maximum atomic E-state index is 13.0. The summed E-state index contributed by atoms with van der Waals surface area (Å²) in [7, 11) is 7.48. The van der Waals surface area contributed by atoms with Gasteiger partial charge in [0.15, 0.2) is 5.65 Å². The minimum Gasteiger partial charge on any atom is -0.381 e. The Balaban J connectivity index is 1.96. The van der Waals surface area contributed by atoms with E-state index >= 15 is 0 Å². The van der Waals surface area contributed by atoms with Crippen LogP contribution < -0.4 is 10.7 Å². The molecule has 2 N–H and O–H groups in total. The molecule has 0 spiro atoms. The summed E-state index contributed by atoms with van der Waals surface area (Å²) in [5, 5.41) is 13.0. The van der Waals surface area contributed by atoms with Crippen molar-refractivity contribution in [3.63, 3.8) is 0 Å². The number of hydrogen-bond donors (Lipinski definition) is 2. The predicted octanol–water partition coefficient (Wildman–Crippen LogP) is 1.17. The SMILES string of the molecule is CCn1ncc2c(NC3CCOCC3)c(C(=O)NN=C(N(C)C)N(C)C)cnc21. The van der Waals surface area contributed by atoms with Crippen LogP contribution in [0.5, 0.6) is 0 Å². The maximum Gasteiger partial charge on any atom is 0.275 e. The molecule has 0 aromatic carbocycles. The number of pyridine rings is 1. The van der Waals surface area contributed by atoms with Crippen LogP contribution in [0.4, 0.5) is 5.69 Å².